The minimum atomic E-state index is -2.31. The van der Waals surface area contributed by atoms with Crippen molar-refractivity contribution in [3.63, 3.8) is 0 Å². The van der Waals surface area contributed by atoms with E-state index in [0.29, 0.717) is 0 Å². The molecule has 0 amide bonds. The van der Waals surface area contributed by atoms with Crippen molar-refractivity contribution >= 4 is 14.3 Å². The van der Waals surface area contributed by atoms with Crippen LogP contribution in [0.5, 0.6) is 0 Å². The highest BCUT2D eigenvalue weighted by atomic mass is 28.4. The second-order valence-electron chi connectivity index (χ2n) is 7.36. The molecule has 1 fully saturated rings. The summed E-state index contributed by atoms with van der Waals surface area (Å²) in [7, 11) is -2.31. The van der Waals surface area contributed by atoms with Gasteiger partial charge in [-0.1, -0.05) is 25.9 Å². The van der Waals surface area contributed by atoms with E-state index < -0.39 is 51.5 Å². The first-order chi connectivity index (χ1) is 10.9. The van der Waals surface area contributed by atoms with E-state index in [2.05, 4.69) is 10.0 Å². The molecule has 1 heterocycles. The van der Waals surface area contributed by atoms with Crippen molar-refractivity contribution in [3.8, 4) is 0 Å². The summed E-state index contributed by atoms with van der Waals surface area (Å²) in [5.74, 6) is -0.637. The van der Waals surface area contributed by atoms with Crippen molar-refractivity contribution in [2.45, 2.75) is 76.5 Å². The number of nitrogens with zero attached hydrogens (tertiary/aromatic N) is 3. The van der Waals surface area contributed by atoms with Crippen molar-refractivity contribution in [2.24, 2.45) is 5.11 Å². The summed E-state index contributed by atoms with van der Waals surface area (Å²) in [5, 5.41) is 23.2. The zero-order valence-corrected chi connectivity index (χ0v) is 16.0. The lowest BCUT2D eigenvalue weighted by Gasteiger charge is -2.46. The molecule has 1 rings (SSSR count). The van der Waals surface area contributed by atoms with E-state index in [0.717, 1.165) is 0 Å². The third-order valence-electron chi connectivity index (χ3n) is 4.53. The van der Waals surface area contributed by atoms with Crippen molar-refractivity contribution in [1.29, 1.82) is 0 Å². The number of azide groups is 1. The highest BCUT2D eigenvalue weighted by Gasteiger charge is 2.50. The van der Waals surface area contributed by atoms with Crippen molar-refractivity contribution in [3.05, 3.63) is 10.4 Å². The summed E-state index contributed by atoms with van der Waals surface area (Å²) in [5.41, 5.74) is 8.84. The van der Waals surface area contributed by atoms with Crippen LogP contribution in [-0.4, -0.2) is 61.8 Å². The van der Waals surface area contributed by atoms with Crippen LogP contribution < -0.4 is 0 Å². The van der Waals surface area contributed by atoms with Crippen LogP contribution in [0.15, 0.2) is 5.11 Å². The molecule has 1 aliphatic heterocycles. The van der Waals surface area contributed by atoms with Gasteiger partial charge in [0, 0.05) is 11.8 Å². The Balaban J connectivity index is 3.19. The van der Waals surface area contributed by atoms with Crippen molar-refractivity contribution in [1.82, 2.24) is 0 Å². The van der Waals surface area contributed by atoms with Crippen LogP contribution in [0.2, 0.25) is 18.1 Å². The van der Waals surface area contributed by atoms with Crippen LogP contribution in [0.3, 0.4) is 0 Å². The van der Waals surface area contributed by atoms with E-state index in [1.165, 1.54) is 6.92 Å². The molecule has 1 saturated heterocycles. The smallest absolute Gasteiger partial charge is 0.303 e. The van der Waals surface area contributed by atoms with Gasteiger partial charge >= 0.3 is 5.97 Å². The summed E-state index contributed by atoms with van der Waals surface area (Å²) in [6.45, 7) is 10.8. The number of hydrogen-bond donors (Lipinski definition) is 2. The van der Waals surface area contributed by atoms with Gasteiger partial charge in [0.1, 0.15) is 24.4 Å². The standard InChI is InChI=1S/C14H27N3O6Si/c1-8(19)21-12-10(16-17-15)13(22-9(7-18)11(12)20)23-24(5,6)14(2,3)4/h9-13,18,20H,7H2,1-6H3/t9-,10-,11+,12-,13+/m1/s1. The summed E-state index contributed by atoms with van der Waals surface area (Å²) in [4.78, 5) is 14.1. The first-order valence-electron chi connectivity index (χ1n) is 7.78. The zero-order chi connectivity index (χ0) is 18.7. The molecule has 10 heteroatoms. The number of hydrogen-bond acceptors (Lipinski definition) is 7. The van der Waals surface area contributed by atoms with Crippen LogP contribution in [0.1, 0.15) is 27.7 Å². The third kappa shape index (κ3) is 4.68. The number of carbonyl (C=O) groups is 1. The van der Waals surface area contributed by atoms with Gasteiger partial charge in [0.2, 0.25) is 0 Å². The zero-order valence-electron chi connectivity index (χ0n) is 15.0. The van der Waals surface area contributed by atoms with E-state index in [-0.39, 0.29) is 5.04 Å². The Hall–Kier alpha value is -1.16. The molecule has 0 bridgehead atoms. The first-order valence-corrected chi connectivity index (χ1v) is 10.7. The first kappa shape index (κ1) is 20.9. The monoisotopic (exact) mass is 361 g/mol. The SMILES string of the molecule is CC(=O)O[C@H]1[C@@H](O)[C@@H](CO)O[C@@H](O[Si](C)(C)C(C)(C)C)[C@@H]1N=[N+]=[N-]. The van der Waals surface area contributed by atoms with Crippen LogP contribution in [0.25, 0.3) is 10.4 Å². The lowest BCUT2D eigenvalue weighted by Crippen LogP contribution is -2.62. The van der Waals surface area contributed by atoms with Crippen molar-refractivity contribution < 1.29 is 28.9 Å². The van der Waals surface area contributed by atoms with Crippen LogP contribution in [0.4, 0.5) is 0 Å². The van der Waals surface area contributed by atoms with Crippen LogP contribution >= 0.6 is 0 Å². The Morgan fingerprint density at radius 2 is 2.00 bits per heavy atom. The van der Waals surface area contributed by atoms with Gasteiger partial charge in [0.15, 0.2) is 14.6 Å². The maximum Gasteiger partial charge on any atom is 0.303 e. The quantitative estimate of drug-likeness (QED) is 0.252. The van der Waals surface area contributed by atoms with Gasteiger partial charge in [-0.25, -0.2) is 0 Å². The molecule has 2 N–H and O–H groups in total. The van der Waals surface area contributed by atoms with E-state index in [1.54, 1.807) is 0 Å². The molecule has 0 saturated carbocycles. The number of rotatable bonds is 5. The van der Waals surface area contributed by atoms with Gasteiger partial charge in [-0.3, -0.25) is 4.79 Å². The van der Waals surface area contributed by atoms with Gasteiger partial charge in [0.25, 0.3) is 0 Å². The second-order valence-corrected chi connectivity index (χ2v) is 12.1. The van der Waals surface area contributed by atoms with Gasteiger partial charge in [-0.05, 0) is 23.7 Å². The maximum atomic E-state index is 11.3. The normalized spacial score (nSPS) is 31.2. The highest BCUT2D eigenvalue weighted by Crippen LogP contribution is 2.39. The molecule has 5 atom stereocenters. The summed E-state index contributed by atoms with van der Waals surface area (Å²) >= 11 is 0. The molecular weight excluding hydrogens is 334 g/mol. The van der Waals surface area contributed by atoms with Crippen LogP contribution in [0, 0.1) is 0 Å². The molecule has 0 aliphatic carbocycles. The fourth-order valence-corrected chi connectivity index (χ4v) is 3.26. The summed E-state index contributed by atoms with van der Waals surface area (Å²) in [6.07, 6.45) is -4.51. The third-order valence-corrected chi connectivity index (χ3v) is 8.96. The molecule has 138 valence electrons. The van der Waals surface area contributed by atoms with E-state index in [1.807, 2.05) is 33.9 Å². The number of ether oxygens (including phenoxy) is 2. The Morgan fingerprint density at radius 1 is 1.42 bits per heavy atom. The van der Waals surface area contributed by atoms with Crippen LogP contribution in [-0.2, 0) is 18.7 Å². The topological polar surface area (TPSA) is 134 Å². The number of aliphatic hydroxyl groups is 2. The molecule has 24 heavy (non-hydrogen) atoms. The van der Waals surface area contributed by atoms with E-state index in [4.69, 9.17) is 19.4 Å². The number of esters is 1. The predicted octanol–water partition coefficient (Wildman–Crippen LogP) is 1.70. The van der Waals surface area contributed by atoms with Crippen molar-refractivity contribution in [2.75, 3.05) is 6.61 Å². The Bertz CT molecular complexity index is 503. The predicted molar refractivity (Wildman–Crippen MR) is 88.5 cm³/mol. The molecule has 0 aromatic carbocycles. The Labute approximate surface area is 142 Å². The summed E-state index contributed by atoms with van der Waals surface area (Å²) in [6, 6.07) is -1.05. The molecular formula is C14H27N3O6Si. The molecule has 0 unspecified atom stereocenters. The molecule has 0 aromatic heterocycles. The summed E-state index contributed by atoms with van der Waals surface area (Å²) < 4.78 is 16.9. The second kappa shape index (κ2) is 7.81. The van der Waals surface area contributed by atoms with E-state index in [9.17, 15) is 15.0 Å². The lowest BCUT2D eigenvalue weighted by atomic mass is 9.97. The Morgan fingerprint density at radius 3 is 2.42 bits per heavy atom. The van der Waals surface area contributed by atoms with Gasteiger partial charge in [-0.15, -0.1) is 0 Å². The fourth-order valence-electron chi connectivity index (χ4n) is 2.13. The maximum absolute atomic E-state index is 11.3. The molecule has 0 radical (unpaired) electrons. The molecule has 0 aromatic rings. The van der Waals surface area contributed by atoms with Gasteiger partial charge in [0.05, 0.1) is 6.61 Å². The number of carbonyl (C=O) groups excluding carboxylic acids is 1. The minimum Gasteiger partial charge on any atom is -0.459 e. The number of aliphatic hydroxyl groups excluding tert-OH is 2. The fraction of sp³-hybridized carbons (Fsp3) is 0.929. The average molecular weight is 361 g/mol. The molecule has 0 spiro atoms. The van der Waals surface area contributed by atoms with E-state index >= 15 is 0 Å². The largest absolute Gasteiger partial charge is 0.459 e. The van der Waals surface area contributed by atoms with Gasteiger partial charge < -0.3 is 24.1 Å². The molecule has 1 aliphatic rings. The Kier molecular flexibility index (Phi) is 6.80. The highest BCUT2D eigenvalue weighted by molar-refractivity contribution is 6.74. The minimum absolute atomic E-state index is 0.140. The lowest BCUT2D eigenvalue weighted by molar-refractivity contribution is -0.248. The van der Waals surface area contributed by atoms with Gasteiger partial charge in [-0.2, -0.15) is 0 Å². The molecule has 9 nitrogen and oxygen atoms in total. The average Bonchev–Trinajstić information content (AvgIpc) is 2.43.